The molecule has 0 aromatic heterocycles. The van der Waals surface area contributed by atoms with Crippen molar-refractivity contribution in [2.24, 2.45) is 0 Å². The van der Waals surface area contributed by atoms with Gasteiger partial charge < -0.3 is 20.3 Å². The number of esters is 1. The third-order valence-corrected chi connectivity index (χ3v) is 5.31. The molecule has 2 rings (SSSR count). The zero-order chi connectivity index (χ0) is 20.4. The van der Waals surface area contributed by atoms with E-state index >= 15 is 0 Å². The molecule has 1 fully saturated rings. The topological polar surface area (TPSA) is 114 Å². The normalized spacial score (nSPS) is 14.3. The minimum atomic E-state index is -0.505. The standard InChI is InChI=1S/C18H26N4O5S/c1-27-17(23)5-7-20-18(24)14-3-4-15(16(13-14)22(25)26)19-6-2-8-21-9-11-28-12-10-21/h3-4,13,19H,2,5-12H2,1H3,(H,20,24). The highest BCUT2D eigenvalue weighted by Gasteiger charge is 2.18. The third-order valence-electron chi connectivity index (χ3n) is 4.37. The van der Waals surface area contributed by atoms with Crippen LogP contribution in [0.4, 0.5) is 11.4 Å². The van der Waals surface area contributed by atoms with Crippen molar-refractivity contribution in [1.82, 2.24) is 10.2 Å². The third kappa shape index (κ3) is 7.01. The Bertz CT molecular complexity index is 695. The van der Waals surface area contributed by atoms with E-state index in [1.165, 1.54) is 19.2 Å². The number of methoxy groups -OCH3 is 1. The van der Waals surface area contributed by atoms with Crippen LogP contribution in [0.5, 0.6) is 0 Å². The molecule has 1 amide bonds. The van der Waals surface area contributed by atoms with Crippen LogP contribution in [-0.2, 0) is 9.53 Å². The van der Waals surface area contributed by atoms with Gasteiger partial charge in [-0.2, -0.15) is 11.8 Å². The number of carbonyl (C=O) groups is 2. The fraction of sp³-hybridized carbons (Fsp3) is 0.556. The molecule has 28 heavy (non-hydrogen) atoms. The van der Waals surface area contributed by atoms with Gasteiger partial charge in [0.15, 0.2) is 0 Å². The number of hydrogen-bond donors (Lipinski definition) is 2. The van der Waals surface area contributed by atoms with E-state index in [0.29, 0.717) is 12.2 Å². The molecule has 0 bridgehead atoms. The number of nitrogens with one attached hydrogen (secondary N) is 2. The lowest BCUT2D eigenvalue weighted by atomic mass is 10.1. The lowest BCUT2D eigenvalue weighted by molar-refractivity contribution is -0.384. The van der Waals surface area contributed by atoms with E-state index in [1.807, 2.05) is 11.8 Å². The van der Waals surface area contributed by atoms with Crippen LogP contribution in [0, 0.1) is 10.1 Å². The molecule has 0 atom stereocenters. The van der Waals surface area contributed by atoms with Crippen molar-refractivity contribution in [2.45, 2.75) is 12.8 Å². The first-order valence-electron chi connectivity index (χ1n) is 9.18. The van der Waals surface area contributed by atoms with E-state index in [2.05, 4.69) is 20.3 Å². The maximum absolute atomic E-state index is 12.1. The molecule has 0 spiro atoms. The summed E-state index contributed by atoms with van der Waals surface area (Å²) in [6.07, 6.45) is 0.928. The molecular formula is C18H26N4O5S. The highest BCUT2D eigenvalue weighted by molar-refractivity contribution is 7.99. The number of nitro groups is 1. The highest BCUT2D eigenvalue weighted by Crippen LogP contribution is 2.25. The minimum absolute atomic E-state index is 0.0413. The Kier molecular flexibility index (Phi) is 9.02. The Labute approximate surface area is 168 Å². The van der Waals surface area contributed by atoms with Crippen LogP contribution in [0.15, 0.2) is 18.2 Å². The van der Waals surface area contributed by atoms with Gasteiger partial charge in [0.2, 0.25) is 0 Å². The predicted molar refractivity (Wildman–Crippen MR) is 109 cm³/mol. The van der Waals surface area contributed by atoms with Gasteiger partial charge in [0.05, 0.1) is 18.5 Å². The lowest BCUT2D eigenvalue weighted by Crippen LogP contribution is -2.34. The number of nitrogens with zero attached hydrogens (tertiary/aromatic N) is 2. The van der Waals surface area contributed by atoms with Crippen LogP contribution >= 0.6 is 11.8 Å². The fourth-order valence-electron chi connectivity index (χ4n) is 2.81. The molecular weight excluding hydrogens is 384 g/mol. The molecule has 0 radical (unpaired) electrons. The van der Waals surface area contributed by atoms with Crippen LogP contribution in [0.3, 0.4) is 0 Å². The lowest BCUT2D eigenvalue weighted by Gasteiger charge is -2.26. The molecule has 154 valence electrons. The summed E-state index contributed by atoms with van der Waals surface area (Å²) in [5.74, 6) is 1.40. The molecule has 2 N–H and O–H groups in total. The Morgan fingerprint density at radius 1 is 1.29 bits per heavy atom. The molecule has 1 heterocycles. The second-order valence-corrected chi connectivity index (χ2v) is 7.53. The van der Waals surface area contributed by atoms with Crippen molar-refractivity contribution in [3.05, 3.63) is 33.9 Å². The number of thioether (sulfide) groups is 1. The molecule has 1 aliphatic heterocycles. The number of benzene rings is 1. The van der Waals surface area contributed by atoms with Gasteiger partial charge in [0.1, 0.15) is 5.69 Å². The maximum atomic E-state index is 12.1. The van der Waals surface area contributed by atoms with Gasteiger partial charge in [-0.25, -0.2) is 0 Å². The number of amides is 1. The van der Waals surface area contributed by atoms with E-state index in [-0.39, 0.29) is 24.2 Å². The average Bonchev–Trinajstić information content (AvgIpc) is 2.71. The molecule has 0 aliphatic carbocycles. The van der Waals surface area contributed by atoms with Gasteiger partial charge in [-0.15, -0.1) is 0 Å². The van der Waals surface area contributed by atoms with E-state index in [9.17, 15) is 19.7 Å². The van der Waals surface area contributed by atoms with Crippen molar-refractivity contribution in [2.75, 3.05) is 56.7 Å². The molecule has 0 unspecified atom stereocenters. The molecule has 9 nitrogen and oxygen atoms in total. The number of hydrogen-bond acceptors (Lipinski definition) is 8. The predicted octanol–water partition coefficient (Wildman–Crippen LogP) is 1.74. The first-order chi connectivity index (χ1) is 13.5. The Balaban J connectivity index is 1.87. The van der Waals surface area contributed by atoms with Gasteiger partial charge in [0, 0.05) is 49.3 Å². The second kappa shape index (κ2) is 11.5. The number of rotatable bonds is 10. The fourth-order valence-corrected chi connectivity index (χ4v) is 3.78. The SMILES string of the molecule is COC(=O)CCNC(=O)c1ccc(NCCCN2CCSCC2)c([N+](=O)[O-])c1. The van der Waals surface area contributed by atoms with Crippen molar-refractivity contribution in [3.63, 3.8) is 0 Å². The van der Waals surface area contributed by atoms with Crippen molar-refractivity contribution < 1.29 is 19.2 Å². The average molecular weight is 410 g/mol. The highest BCUT2D eigenvalue weighted by atomic mass is 32.2. The summed E-state index contributed by atoms with van der Waals surface area (Å²) in [4.78, 5) is 36.5. The summed E-state index contributed by atoms with van der Waals surface area (Å²) >= 11 is 1.96. The Morgan fingerprint density at radius 3 is 2.71 bits per heavy atom. The van der Waals surface area contributed by atoms with Crippen LogP contribution in [0.2, 0.25) is 0 Å². The first kappa shape index (κ1) is 22.0. The molecule has 0 saturated carbocycles. The smallest absolute Gasteiger partial charge is 0.307 e. The zero-order valence-corrected chi connectivity index (χ0v) is 16.8. The van der Waals surface area contributed by atoms with Gasteiger partial charge in [-0.3, -0.25) is 19.7 Å². The molecule has 1 saturated heterocycles. The van der Waals surface area contributed by atoms with Gasteiger partial charge in [-0.05, 0) is 25.1 Å². The van der Waals surface area contributed by atoms with Crippen LogP contribution in [-0.4, -0.2) is 73.0 Å². The van der Waals surface area contributed by atoms with Crippen molar-refractivity contribution in [1.29, 1.82) is 0 Å². The van der Waals surface area contributed by atoms with E-state index in [1.54, 1.807) is 6.07 Å². The largest absolute Gasteiger partial charge is 0.469 e. The van der Waals surface area contributed by atoms with Crippen molar-refractivity contribution in [3.8, 4) is 0 Å². The quantitative estimate of drug-likeness (QED) is 0.259. The van der Waals surface area contributed by atoms with E-state index < -0.39 is 16.8 Å². The van der Waals surface area contributed by atoms with Crippen LogP contribution < -0.4 is 10.6 Å². The number of anilines is 1. The number of nitro benzene ring substituents is 1. The van der Waals surface area contributed by atoms with Gasteiger partial charge >= 0.3 is 5.97 Å². The van der Waals surface area contributed by atoms with E-state index in [0.717, 1.165) is 37.6 Å². The molecule has 1 aliphatic rings. The summed E-state index contributed by atoms with van der Waals surface area (Å²) in [5.41, 5.74) is 0.424. The van der Waals surface area contributed by atoms with Gasteiger partial charge in [-0.1, -0.05) is 0 Å². The summed E-state index contributed by atoms with van der Waals surface area (Å²) in [5, 5.41) is 17.0. The van der Waals surface area contributed by atoms with Crippen LogP contribution in [0.25, 0.3) is 0 Å². The number of ether oxygens (including phenoxy) is 1. The molecule has 10 heteroatoms. The Morgan fingerprint density at radius 2 is 2.04 bits per heavy atom. The summed E-state index contributed by atoms with van der Waals surface area (Å²) in [7, 11) is 1.27. The maximum Gasteiger partial charge on any atom is 0.307 e. The number of carbonyl (C=O) groups excluding carboxylic acids is 2. The Hall–Kier alpha value is -2.33. The van der Waals surface area contributed by atoms with E-state index in [4.69, 9.17) is 0 Å². The summed E-state index contributed by atoms with van der Waals surface area (Å²) in [6.45, 7) is 3.86. The zero-order valence-electron chi connectivity index (χ0n) is 15.9. The monoisotopic (exact) mass is 410 g/mol. The van der Waals surface area contributed by atoms with Crippen molar-refractivity contribution >= 4 is 35.0 Å². The van der Waals surface area contributed by atoms with Crippen LogP contribution in [0.1, 0.15) is 23.2 Å². The molecule has 1 aromatic rings. The summed E-state index contributed by atoms with van der Waals surface area (Å²) in [6, 6.07) is 4.33. The van der Waals surface area contributed by atoms with Gasteiger partial charge in [0.25, 0.3) is 11.6 Å². The minimum Gasteiger partial charge on any atom is -0.469 e. The first-order valence-corrected chi connectivity index (χ1v) is 10.3. The second-order valence-electron chi connectivity index (χ2n) is 6.31. The molecule has 1 aromatic carbocycles. The summed E-state index contributed by atoms with van der Waals surface area (Å²) < 4.78 is 4.50.